The molecule has 5 nitrogen and oxygen atoms in total. The molecule has 2 heterocycles. The maximum Gasteiger partial charge on any atom is 0.263 e. The van der Waals surface area contributed by atoms with Crippen molar-refractivity contribution in [3.05, 3.63) is 62.9 Å². The molecule has 28 heavy (non-hydrogen) atoms. The maximum absolute atomic E-state index is 12.8. The number of halogens is 1. The number of aromatic nitrogens is 1. The number of fused-ring (bicyclic) bond motifs is 1. The Morgan fingerprint density at radius 3 is 2.82 bits per heavy atom. The van der Waals surface area contributed by atoms with Crippen molar-refractivity contribution in [1.29, 1.82) is 0 Å². The highest BCUT2D eigenvalue weighted by Crippen LogP contribution is 2.38. The molecule has 7 heteroatoms. The molecule has 1 amide bonds. The molecule has 2 aromatic carbocycles. The number of hydrogen-bond acceptors (Lipinski definition) is 5. The van der Waals surface area contributed by atoms with Gasteiger partial charge in [-0.3, -0.25) is 4.79 Å². The van der Waals surface area contributed by atoms with Crippen LogP contribution < -0.4 is 14.8 Å². The summed E-state index contributed by atoms with van der Waals surface area (Å²) in [7, 11) is 0. The van der Waals surface area contributed by atoms with E-state index in [9.17, 15) is 4.79 Å². The van der Waals surface area contributed by atoms with Gasteiger partial charge in [-0.05, 0) is 24.6 Å². The number of benzene rings is 2. The molecular formula is C21H19ClN2O3S. The van der Waals surface area contributed by atoms with Crippen molar-refractivity contribution >= 4 is 28.8 Å². The van der Waals surface area contributed by atoms with Crippen molar-refractivity contribution < 1.29 is 14.3 Å². The van der Waals surface area contributed by atoms with Gasteiger partial charge in [0.15, 0.2) is 11.5 Å². The van der Waals surface area contributed by atoms with Crippen molar-refractivity contribution in [2.45, 2.75) is 19.9 Å². The Morgan fingerprint density at radius 2 is 2.00 bits per heavy atom. The third-order valence-electron chi connectivity index (χ3n) is 4.30. The van der Waals surface area contributed by atoms with Crippen LogP contribution in [0.15, 0.2) is 42.5 Å². The van der Waals surface area contributed by atoms with Crippen LogP contribution >= 0.6 is 22.9 Å². The minimum Gasteiger partial charge on any atom is -0.489 e. The number of nitrogens with one attached hydrogen (secondary N) is 1. The normalized spacial score (nSPS) is 13.1. The standard InChI is InChI=1S/C21H19ClN2O3S/c1-13-24-18(15-6-3-2-4-7-15)20(28-13)21(25)23-12-14-10-16(22)19-17(11-14)26-8-5-9-27-19/h2-4,6-7,10-11H,5,8-9,12H2,1H3,(H,23,25). The average molecular weight is 415 g/mol. The first-order valence-corrected chi connectivity index (χ1v) is 10.2. The predicted octanol–water partition coefficient (Wildman–Crippen LogP) is 4.86. The summed E-state index contributed by atoms with van der Waals surface area (Å²) in [5.74, 6) is 1.03. The van der Waals surface area contributed by atoms with Crippen LogP contribution in [0.4, 0.5) is 0 Å². The van der Waals surface area contributed by atoms with Crippen LogP contribution in [0.1, 0.15) is 26.7 Å². The Hall–Kier alpha value is -2.57. The van der Waals surface area contributed by atoms with Crippen molar-refractivity contribution in [1.82, 2.24) is 10.3 Å². The molecule has 4 rings (SSSR count). The SMILES string of the molecule is Cc1nc(-c2ccccc2)c(C(=O)NCc2cc(Cl)c3c(c2)OCCCO3)s1. The molecule has 0 saturated heterocycles. The van der Waals surface area contributed by atoms with E-state index in [1.165, 1.54) is 11.3 Å². The molecule has 1 aromatic heterocycles. The van der Waals surface area contributed by atoms with Crippen LogP contribution in [0.25, 0.3) is 11.3 Å². The highest BCUT2D eigenvalue weighted by atomic mass is 35.5. The fourth-order valence-electron chi connectivity index (χ4n) is 3.02. The highest BCUT2D eigenvalue weighted by molar-refractivity contribution is 7.14. The van der Waals surface area contributed by atoms with Gasteiger partial charge in [0, 0.05) is 18.5 Å². The Bertz CT molecular complexity index is 1000. The fraction of sp³-hybridized carbons (Fsp3) is 0.238. The number of carbonyl (C=O) groups is 1. The first-order valence-electron chi connectivity index (χ1n) is 9.01. The summed E-state index contributed by atoms with van der Waals surface area (Å²) < 4.78 is 11.4. The van der Waals surface area contributed by atoms with E-state index in [1.807, 2.05) is 43.3 Å². The number of nitrogens with zero attached hydrogens (tertiary/aromatic N) is 1. The van der Waals surface area contributed by atoms with Crippen LogP contribution in [0.5, 0.6) is 11.5 Å². The molecule has 0 bridgehead atoms. The van der Waals surface area contributed by atoms with Gasteiger partial charge in [0.2, 0.25) is 0 Å². The van der Waals surface area contributed by atoms with Crippen molar-refractivity contribution in [2.75, 3.05) is 13.2 Å². The molecule has 0 spiro atoms. The van der Waals surface area contributed by atoms with Crippen molar-refractivity contribution in [2.24, 2.45) is 0 Å². The lowest BCUT2D eigenvalue weighted by Gasteiger charge is -2.12. The quantitative estimate of drug-likeness (QED) is 0.662. The Balaban J connectivity index is 1.53. The lowest BCUT2D eigenvalue weighted by Crippen LogP contribution is -2.22. The molecule has 0 aliphatic carbocycles. The molecule has 0 fully saturated rings. The summed E-state index contributed by atoms with van der Waals surface area (Å²) >= 11 is 7.72. The number of ether oxygens (including phenoxy) is 2. The number of amides is 1. The van der Waals surface area contributed by atoms with Crippen molar-refractivity contribution in [3.8, 4) is 22.8 Å². The second-order valence-corrected chi connectivity index (χ2v) is 8.03. The summed E-state index contributed by atoms with van der Waals surface area (Å²) in [6, 6.07) is 13.4. The minimum absolute atomic E-state index is 0.160. The van der Waals surface area contributed by atoms with E-state index in [4.69, 9.17) is 21.1 Å². The monoisotopic (exact) mass is 414 g/mol. The third-order valence-corrected chi connectivity index (χ3v) is 5.55. The van der Waals surface area contributed by atoms with Gasteiger partial charge in [-0.2, -0.15) is 0 Å². The van der Waals surface area contributed by atoms with Gasteiger partial charge >= 0.3 is 0 Å². The maximum atomic E-state index is 12.8. The molecule has 0 unspecified atom stereocenters. The molecule has 1 aliphatic rings. The van der Waals surface area contributed by atoms with Gasteiger partial charge in [-0.1, -0.05) is 41.9 Å². The van der Waals surface area contributed by atoms with E-state index in [1.54, 1.807) is 6.07 Å². The Kier molecular flexibility index (Phi) is 5.50. The molecule has 144 valence electrons. The van der Waals surface area contributed by atoms with Crippen LogP contribution in [0.2, 0.25) is 5.02 Å². The number of thiazole rings is 1. The zero-order valence-corrected chi connectivity index (χ0v) is 16.9. The van der Waals surface area contributed by atoms with Gasteiger partial charge in [-0.25, -0.2) is 4.98 Å². The van der Waals surface area contributed by atoms with Crippen LogP contribution in [0.3, 0.4) is 0 Å². The molecule has 0 atom stereocenters. The third kappa shape index (κ3) is 3.98. The van der Waals surface area contributed by atoms with Gasteiger partial charge in [0.25, 0.3) is 5.91 Å². The Labute approximate surface area is 172 Å². The van der Waals surface area contributed by atoms with E-state index in [-0.39, 0.29) is 5.91 Å². The fourth-order valence-corrected chi connectivity index (χ4v) is 4.17. The largest absolute Gasteiger partial charge is 0.489 e. The van der Waals surface area contributed by atoms with Gasteiger partial charge < -0.3 is 14.8 Å². The summed E-state index contributed by atoms with van der Waals surface area (Å²) in [5.41, 5.74) is 2.48. The zero-order valence-electron chi connectivity index (χ0n) is 15.3. The number of rotatable bonds is 4. The lowest BCUT2D eigenvalue weighted by molar-refractivity contribution is 0.0955. The predicted molar refractivity (Wildman–Crippen MR) is 111 cm³/mol. The van der Waals surface area contributed by atoms with E-state index in [2.05, 4.69) is 10.3 Å². The summed E-state index contributed by atoms with van der Waals surface area (Å²) in [6.45, 7) is 3.40. The first-order chi connectivity index (χ1) is 13.6. The van der Waals surface area contributed by atoms with E-state index in [0.717, 1.165) is 22.6 Å². The molecular weight excluding hydrogens is 396 g/mol. The van der Waals surface area contributed by atoms with E-state index >= 15 is 0 Å². The van der Waals surface area contributed by atoms with Gasteiger partial charge in [0.05, 0.1) is 28.9 Å². The topological polar surface area (TPSA) is 60.5 Å². The second-order valence-electron chi connectivity index (χ2n) is 6.41. The van der Waals surface area contributed by atoms with Crippen LogP contribution in [0, 0.1) is 6.92 Å². The van der Waals surface area contributed by atoms with E-state index in [0.29, 0.717) is 46.9 Å². The summed E-state index contributed by atoms with van der Waals surface area (Å²) in [6.07, 6.45) is 0.810. The molecule has 3 aromatic rings. The number of hydrogen-bond donors (Lipinski definition) is 1. The second kappa shape index (κ2) is 8.20. The molecule has 0 radical (unpaired) electrons. The van der Waals surface area contributed by atoms with Gasteiger partial charge in [0.1, 0.15) is 4.88 Å². The number of aryl methyl sites for hydroxylation is 1. The average Bonchev–Trinajstić information content (AvgIpc) is 2.93. The Morgan fingerprint density at radius 1 is 1.21 bits per heavy atom. The minimum atomic E-state index is -0.160. The van der Waals surface area contributed by atoms with Crippen LogP contribution in [-0.4, -0.2) is 24.1 Å². The highest BCUT2D eigenvalue weighted by Gasteiger charge is 2.19. The molecule has 0 saturated carbocycles. The molecule has 1 aliphatic heterocycles. The van der Waals surface area contributed by atoms with Gasteiger partial charge in [-0.15, -0.1) is 11.3 Å². The smallest absolute Gasteiger partial charge is 0.263 e. The summed E-state index contributed by atoms with van der Waals surface area (Å²) in [5, 5.41) is 4.30. The zero-order chi connectivity index (χ0) is 19.5. The number of carbonyl (C=O) groups excluding carboxylic acids is 1. The van der Waals surface area contributed by atoms with Crippen LogP contribution in [-0.2, 0) is 6.54 Å². The summed E-state index contributed by atoms with van der Waals surface area (Å²) in [4.78, 5) is 18.0. The van der Waals surface area contributed by atoms with Crippen molar-refractivity contribution in [3.63, 3.8) is 0 Å². The van der Waals surface area contributed by atoms with E-state index < -0.39 is 0 Å². The molecule has 1 N–H and O–H groups in total. The lowest BCUT2D eigenvalue weighted by atomic mass is 10.1. The first kappa shape index (κ1) is 18.8.